The summed E-state index contributed by atoms with van der Waals surface area (Å²) in [7, 11) is 0. The van der Waals surface area contributed by atoms with Crippen molar-refractivity contribution in [2.45, 2.75) is 32.9 Å². The molecule has 0 bridgehead atoms. The second-order valence-electron chi connectivity index (χ2n) is 6.74. The van der Waals surface area contributed by atoms with Gasteiger partial charge in [-0.05, 0) is 22.6 Å². The van der Waals surface area contributed by atoms with Crippen LogP contribution in [0.1, 0.15) is 19.4 Å². The lowest BCUT2D eigenvalue weighted by molar-refractivity contribution is -0.121. The third-order valence-electron chi connectivity index (χ3n) is 4.40. The summed E-state index contributed by atoms with van der Waals surface area (Å²) in [6, 6.07) is 18.4. The van der Waals surface area contributed by atoms with Crippen molar-refractivity contribution in [3.05, 3.63) is 72.6 Å². The van der Waals surface area contributed by atoms with Crippen molar-refractivity contribution in [1.29, 1.82) is 0 Å². The molecule has 1 aromatic heterocycles. The third-order valence-corrected chi connectivity index (χ3v) is 4.40. The number of hydrogen-bond acceptors (Lipinski definition) is 3. The maximum absolute atomic E-state index is 12.4. The summed E-state index contributed by atoms with van der Waals surface area (Å²) in [6.07, 6.45) is 3.66. The van der Waals surface area contributed by atoms with Crippen LogP contribution in [0.15, 0.2) is 67.0 Å². The summed E-state index contributed by atoms with van der Waals surface area (Å²) < 4.78 is 0. The molecule has 0 saturated heterocycles. The Labute approximate surface area is 154 Å². The Balaban J connectivity index is 1.60. The van der Waals surface area contributed by atoms with Crippen molar-refractivity contribution in [3.63, 3.8) is 0 Å². The number of hydrogen-bond donors (Lipinski definition) is 1. The van der Waals surface area contributed by atoms with Gasteiger partial charge in [0.1, 0.15) is 0 Å². The second kappa shape index (κ2) is 8.43. The third kappa shape index (κ3) is 4.79. The summed E-state index contributed by atoms with van der Waals surface area (Å²) in [5, 5.41) is 11.4. The topological polar surface area (TPSA) is 59.8 Å². The molecule has 1 unspecified atom stereocenters. The fourth-order valence-corrected chi connectivity index (χ4v) is 2.83. The molecular formula is C21H24N4O. The number of carbonyl (C=O) groups is 1. The molecule has 5 nitrogen and oxygen atoms in total. The van der Waals surface area contributed by atoms with E-state index in [4.69, 9.17) is 0 Å². The van der Waals surface area contributed by atoms with Gasteiger partial charge < -0.3 is 5.32 Å². The summed E-state index contributed by atoms with van der Waals surface area (Å²) >= 11 is 0. The molecule has 1 heterocycles. The van der Waals surface area contributed by atoms with Crippen molar-refractivity contribution in [2.24, 2.45) is 5.92 Å². The average Bonchev–Trinajstić information content (AvgIpc) is 3.15. The SMILES string of the molecule is CC(C)C(Cn1nccn1)NC(=O)Cc1ccc(-c2ccccc2)cc1. The zero-order valence-corrected chi connectivity index (χ0v) is 15.2. The molecule has 134 valence electrons. The normalized spacial score (nSPS) is 12.1. The number of nitrogens with one attached hydrogen (secondary N) is 1. The number of aromatic nitrogens is 3. The predicted molar refractivity (Wildman–Crippen MR) is 102 cm³/mol. The van der Waals surface area contributed by atoms with E-state index in [1.54, 1.807) is 17.2 Å². The van der Waals surface area contributed by atoms with Gasteiger partial charge in [-0.25, -0.2) is 0 Å². The maximum atomic E-state index is 12.4. The van der Waals surface area contributed by atoms with Gasteiger partial charge in [-0.1, -0.05) is 68.4 Å². The average molecular weight is 348 g/mol. The van der Waals surface area contributed by atoms with E-state index < -0.39 is 0 Å². The summed E-state index contributed by atoms with van der Waals surface area (Å²) in [4.78, 5) is 14.1. The lowest BCUT2D eigenvalue weighted by atomic mass is 10.0. The first-order valence-electron chi connectivity index (χ1n) is 8.89. The predicted octanol–water partition coefficient (Wildman–Crippen LogP) is 3.33. The quantitative estimate of drug-likeness (QED) is 0.712. The highest BCUT2D eigenvalue weighted by Gasteiger charge is 2.17. The van der Waals surface area contributed by atoms with Crippen molar-refractivity contribution < 1.29 is 4.79 Å². The lowest BCUT2D eigenvalue weighted by Gasteiger charge is -2.21. The molecular weight excluding hydrogens is 324 g/mol. The van der Waals surface area contributed by atoms with E-state index >= 15 is 0 Å². The van der Waals surface area contributed by atoms with Crippen LogP contribution in [-0.4, -0.2) is 26.9 Å². The number of benzene rings is 2. The Kier molecular flexibility index (Phi) is 5.79. The van der Waals surface area contributed by atoms with E-state index in [0.29, 0.717) is 18.9 Å². The van der Waals surface area contributed by atoms with Gasteiger partial charge in [-0.15, -0.1) is 0 Å². The van der Waals surface area contributed by atoms with E-state index in [9.17, 15) is 4.79 Å². The van der Waals surface area contributed by atoms with Crippen LogP contribution in [0, 0.1) is 5.92 Å². The number of rotatable bonds is 7. The Morgan fingerprint density at radius 3 is 2.19 bits per heavy atom. The molecule has 0 aliphatic heterocycles. The van der Waals surface area contributed by atoms with Gasteiger partial charge in [0.15, 0.2) is 0 Å². The zero-order valence-electron chi connectivity index (χ0n) is 15.2. The van der Waals surface area contributed by atoms with Gasteiger partial charge >= 0.3 is 0 Å². The van der Waals surface area contributed by atoms with Gasteiger partial charge in [0.25, 0.3) is 0 Å². The van der Waals surface area contributed by atoms with Gasteiger partial charge in [0.2, 0.25) is 5.91 Å². The molecule has 1 atom stereocenters. The van der Waals surface area contributed by atoms with Crippen LogP contribution in [0.3, 0.4) is 0 Å². The van der Waals surface area contributed by atoms with E-state index in [2.05, 4.69) is 53.6 Å². The Morgan fingerprint density at radius 1 is 0.962 bits per heavy atom. The van der Waals surface area contributed by atoms with Crippen LogP contribution in [0.4, 0.5) is 0 Å². The van der Waals surface area contributed by atoms with Crippen molar-refractivity contribution in [2.75, 3.05) is 0 Å². The summed E-state index contributed by atoms with van der Waals surface area (Å²) in [5.74, 6) is 0.314. The molecule has 1 amide bonds. The van der Waals surface area contributed by atoms with E-state index in [1.807, 2.05) is 30.3 Å². The van der Waals surface area contributed by atoms with Crippen molar-refractivity contribution >= 4 is 5.91 Å². The standard InChI is InChI=1S/C21H24N4O/c1-16(2)20(15-25-22-12-13-23-25)24-21(26)14-17-8-10-19(11-9-17)18-6-4-3-5-7-18/h3-13,16,20H,14-15H2,1-2H3,(H,24,26). The van der Waals surface area contributed by atoms with E-state index in [-0.39, 0.29) is 11.9 Å². The van der Waals surface area contributed by atoms with Gasteiger partial charge in [0, 0.05) is 0 Å². The molecule has 3 rings (SSSR count). The van der Waals surface area contributed by atoms with Crippen LogP contribution < -0.4 is 5.32 Å². The van der Waals surface area contributed by atoms with E-state index in [0.717, 1.165) is 11.1 Å². The molecule has 5 heteroatoms. The Hall–Kier alpha value is -2.95. The zero-order chi connectivity index (χ0) is 18.4. The number of nitrogens with zero attached hydrogens (tertiary/aromatic N) is 3. The summed E-state index contributed by atoms with van der Waals surface area (Å²) in [5.41, 5.74) is 3.33. The first kappa shape index (κ1) is 17.9. The van der Waals surface area contributed by atoms with Gasteiger partial charge in [-0.3, -0.25) is 4.79 Å². The molecule has 1 N–H and O–H groups in total. The minimum absolute atomic E-state index is 0.00140. The van der Waals surface area contributed by atoms with E-state index in [1.165, 1.54) is 5.56 Å². The van der Waals surface area contributed by atoms with Crippen molar-refractivity contribution in [1.82, 2.24) is 20.3 Å². The molecule has 0 saturated carbocycles. The highest BCUT2D eigenvalue weighted by atomic mass is 16.1. The molecule has 0 fully saturated rings. The summed E-state index contributed by atoms with van der Waals surface area (Å²) in [6.45, 7) is 4.75. The highest BCUT2D eigenvalue weighted by Crippen LogP contribution is 2.19. The van der Waals surface area contributed by atoms with Crippen LogP contribution in [-0.2, 0) is 17.8 Å². The number of amides is 1. The molecule has 0 aliphatic rings. The monoisotopic (exact) mass is 348 g/mol. The first-order chi connectivity index (χ1) is 12.6. The largest absolute Gasteiger partial charge is 0.351 e. The number of carbonyl (C=O) groups excluding carboxylic acids is 1. The van der Waals surface area contributed by atoms with Crippen molar-refractivity contribution in [3.8, 4) is 11.1 Å². The Morgan fingerprint density at radius 2 is 1.58 bits per heavy atom. The van der Waals surface area contributed by atoms with Crippen LogP contribution in [0.2, 0.25) is 0 Å². The second-order valence-corrected chi connectivity index (χ2v) is 6.74. The molecule has 2 aromatic carbocycles. The van der Waals surface area contributed by atoms with Gasteiger partial charge in [0.05, 0.1) is 31.4 Å². The lowest BCUT2D eigenvalue weighted by Crippen LogP contribution is -2.42. The molecule has 26 heavy (non-hydrogen) atoms. The van der Waals surface area contributed by atoms with Crippen LogP contribution >= 0.6 is 0 Å². The molecule has 0 aliphatic carbocycles. The molecule has 0 spiro atoms. The van der Waals surface area contributed by atoms with Crippen LogP contribution in [0.25, 0.3) is 11.1 Å². The minimum atomic E-state index is -0.00140. The fourth-order valence-electron chi connectivity index (χ4n) is 2.83. The molecule has 3 aromatic rings. The minimum Gasteiger partial charge on any atom is -0.351 e. The Bertz CT molecular complexity index is 811. The van der Waals surface area contributed by atoms with Gasteiger partial charge in [-0.2, -0.15) is 15.0 Å². The maximum Gasteiger partial charge on any atom is 0.224 e. The highest BCUT2D eigenvalue weighted by molar-refractivity contribution is 5.79. The smallest absolute Gasteiger partial charge is 0.224 e. The first-order valence-corrected chi connectivity index (χ1v) is 8.89. The fraction of sp³-hybridized carbons (Fsp3) is 0.286. The van der Waals surface area contributed by atoms with Crippen LogP contribution in [0.5, 0.6) is 0 Å². The molecule has 0 radical (unpaired) electrons.